The van der Waals surface area contributed by atoms with Crippen molar-refractivity contribution in [3.05, 3.63) is 75.8 Å². The van der Waals surface area contributed by atoms with Crippen molar-refractivity contribution in [1.29, 1.82) is 0 Å². The van der Waals surface area contributed by atoms with Crippen molar-refractivity contribution in [1.82, 2.24) is 30.1 Å². The van der Waals surface area contributed by atoms with Crippen LogP contribution in [0.1, 0.15) is 42.8 Å². The largest absolute Gasteiger partial charge is 0.497 e. The highest BCUT2D eigenvalue weighted by atomic mass is 16.5. The normalized spacial score (nSPS) is 19.0. The summed E-state index contributed by atoms with van der Waals surface area (Å²) in [7, 11) is 1.68. The van der Waals surface area contributed by atoms with Crippen molar-refractivity contribution in [2.75, 3.05) is 44.8 Å². The molecule has 2 aromatic carbocycles. The van der Waals surface area contributed by atoms with Crippen LogP contribution >= 0.6 is 0 Å². The van der Waals surface area contributed by atoms with Gasteiger partial charge in [0.2, 0.25) is 0 Å². The quantitative estimate of drug-likeness (QED) is 0.372. The van der Waals surface area contributed by atoms with Gasteiger partial charge in [0.05, 0.1) is 19.8 Å². The average Bonchev–Trinajstić information content (AvgIpc) is 3.66. The summed E-state index contributed by atoms with van der Waals surface area (Å²) in [6, 6.07) is 16.0. The number of hydrogen-bond acceptors (Lipinski definition) is 8. The number of fused-ring (bicyclic) bond motifs is 1. The van der Waals surface area contributed by atoms with E-state index in [4.69, 9.17) is 9.47 Å². The highest BCUT2D eigenvalue weighted by Crippen LogP contribution is 2.30. The Labute approximate surface area is 227 Å². The number of pyridine rings is 1. The van der Waals surface area contributed by atoms with Gasteiger partial charge < -0.3 is 19.4 Å². The number of anilines is 1. The van der Waals surface area contributed by atoms with E-state index < -0.39 is 0 Å². The highest BCUT2D eigenvalue weighted by Gasteiger charge is 2.33. The lowest BCUT2D eigenvalue weighted by Crippen LogP contribution is -2.49. The lowest BCUT2D eigenvalue weighted by Gasteiger charge is -2.39. The van der Waals surface area contributed by atoms with Crippen LogP contribution in [0.4, 0.5) is 5.69 Å². The van der Waals surface area contributed by atoms with Crippen molar-refractivity contribution >= 4 is 16.6 Å². The van der Waals surface area contributed by atoms with Gasteiger partial charge in [-0.2, -0.15) is 0 Å². The van der Waals surface area contributed by atoms with Crippen LogP contribution in [-0.2, 0) is 17.7 Å². The minimum absolute atomic E-state index is 0.0850. The molecule has 0 unspecified atom stereocenters. The Hall–Kier alpha value is -3.76. The lowest BCUT2D eigenvalue weighted by atomic mass is 10.0. The number of nitrogens with zero attached hydrogens (tertiary/aromatic N) is 6. The predicted octanol–water partition coefficient (Wildman–Crippen LogP) is 3.18. The van der Waals surface area contributed by atoms with Gasteiger partial charge >= 0.3 is 0 Å². The number of methoxy groups -OCH3 is 1. The molecule has 10 nitrogen and oxygen atoms in total. The van der Waals surface area contributed by atoms with Crippen LogP contribution in [0.2, 0.25) is 0 Å². The zero-order chi connectivity index (χ0) is 26.8. The third-order valence-corrected chi connectivity index (χ3v) is 7.96. The van der Waals surface area contributed by atoms with E-state index in [1.165, 1.54) is 5.56 Å². The van der Waals surface area contributed by atoms with Gasteiger partial charge in [-0.1, -0.05) is 13.0 Å². The van der Waals surface area contributed by atoms with E-state index in [9.17, 15) is 4.79 Å². The smallest absolute Gasteiger partial charge is 0.253 e. The molecule has 0 radical (unpaired) electrons. The van der Waals surface area contributed by atoms with Crippen LogP contribution in [-0.4, -0.2) is 76.1 Å². The zero-order valence-electron chi connectivity index (χ0n) is 22.5. The number of H-pyrrole nitrogens is 1. The Morgan fingerprint density at radius 2 is 1.92 bits per heavy atom. The van der Waals surface area contributed by atoms with E-state index in [-0.39, 0.29) is 17.7 Å². The van der Waals surface area contributed by atoms with Crippen molar-refractivity contribution in [3.8, 4) is 5.75 Å². The minimum atomic E-state index is -0.377. The first-order valence-corrected chi connectivity index (χ1v) is 13.8. The van der Waals surface area contributed by atoms with Crippen LogP contribution in [0.3, 0.4) is 0 Å². The van der Waals surface area contributed by atoms with Crippen LogP contribution in [0.5, 0.6) is 5.75 Å². The molecule has 2 saturated heterocycles. The third kappa shape index (κ3) is 5.26. The summed E-state index contributed by atoms with van der Waals surface area (Å²) in [5.74, 6) is 1.53. The number of nitrogens with one attached hydrogen (secondary N) is 1. The second-order valence-electron chi connectivity index (χ2n) is 10.3. The van der Waals surface area contributed by atoms with Crippen LogP contribution < -0.4 is 15.2 Å². The summed E-state index contributed by atoms with van der Waals surface area (Å²) in [4.78, 5) is 21.4. The lowest BCUT2D eigenvalue weighted by molar-refractivity contribution is 0.0906. The van der Waals surface area contributed by atoms with E-state index >= 15 is 0 Å². The second-order valence-corrected chi connectivity index (χ2v) is 10.3. The Kier molecular flexibility index (Phi) is 7.30. The summed E-state index contributed by atoms with van der Waals surface area (Å²) in [6.45, 7) is 6.65. The molecule has 0 saturated carbocycles. The molecule has 2 fully saturated rings. The number of aromatic amines is 1. The Balaban J connectivity index is 1.35. The van der Waals surface area contributed by atoms with Crippen LogP contribution in [0.15, 0.2) is 53.3 Å². The van der Waals surface area contributed by atoms with E-state index in [1.807, 2.05) is 28.9 Å². The maximum absolute atomic E-state index is 13.6. The standard InChI is InChI=1S/C29H35N7O3/c1-3-20-6-11-26-21(17-20)18-25(29(37)30-26)27(28-31-32-33-36(28)19-24-5-4-16-39-24)35-14-12-34(13-15-35)22-7-9-23(38-2)10-8-22/h6-11,17-18,24,27H,3-5,12-16,19H2,1-2H3,(H,30,37)/t24-,27+/m1/s1. The molecule has 4 aromatic rings. The van der Waals surface area contributed by atoms with E-state index in [0.29, 0.717) is 17.9 Å². The fourth-order valence-electron chi connectivity index (χ4n) is 5.75. The van der Waals surface area contributed by atoms with Crippen molar-refractivity contribution < 1.29 is 9.47 Å². The van der Waals surface area contributed by atoms with Gasteiger partial charge in [-0.15, -0.1) is 5.10 Å². The van der Waals surface area contributed by atoms with Crippen LogP contribution in [0.25, 0.3) is 10.9 Å². The maximum atomic E-state index is 13.6. The molecule has 6 rings (SSSR count). The summed E-state index contributed by atoms with van der Waals surface area (Å²) >= 11 is 0. The van der Waals surface area contributed by atoms with E-state index in [0.717, 1.165) is 74.4 Å². The summed E-state index contributed by atoms with van der Waals surface area (Å²) in [5, 5.41) is 13.9. The second kappa shape index (κ2) is 11.2. The molecular weight excluding hydrogens is 494 g/mol. The zero-order valence-corrected chi connectivity index (χ0v) is 22.5. The monoisotopic (exact) mass is 529 g/mol. The number of aromatic nitrogens is 5. The van der Waals surface area contributed by atoms with Crippen molar-refractivity contribution in [2.45, 2.75) is 44.9 Å². The maximum Gasteiger partial charge on any atom is 0.253 e. The molecule has 4 heterocycles. The molecule has 2 aliphatic rings. The fourth-order valence-corrected chi connectivity index (χ4v) is 5.75. The van der Waals surface area contributed by atoms with Gasteiger partial charge in [0.25, 0.3) is 5.56 Å². The highest BCUT2D eigenvalue weighted by molar-refractivity contribution is 5.80. The topological polar surface area (TPSA) is 101 Å². The van der Waals surface area contributed by atoms with Gasteiger partial charge in [-0.3, -0.25) is 9.69 Å². The summed E-state index contributed by atoms with van der Waals surface area (Å²) < 4.78 is 13.0. The number of ether oxygens (including phenoxy) is 2. The molecular formula is C29H35N7O3. The Bertz CT molecular complexity index is 1470. The molecule has 0 aliphatic carbocycles. The van der Waals surface area contributed by atoms with E-state index in [2.05, 4.69) is 61.5 Å². The Morgan fingerprint density at radius 1 is 1.10 bits per heavy atom. The number of tetrazole rings is 1. The molecule has 0 amide bonds. The minimum Gasteiger partial charge on any atom is -0.497 e. The van der Waals surface area contributed by atoms with Gasteiger partial charge in [0.1, 0.15) is 11.8 Å². The molecule has 0 spiro atoms. The van der Waals surface area contributed by atoms with Gasteiger partial charge in [-0.25, -0.2) is 4.68 Å². The first-order valence-electron chi connectivity index (χ1n) is 13.8. The van der Waals surface area contributed by atoms with Crippen molar-refractivity contribution in [3.63, 3.8) is 0 Å². The molecule has 204 valence electrons. The SMILES string of the molecule is CCc1ccc2[nH]c(=O)c([C@@H](c3nnnn3C[C@H]3CCCO3)N3CCN(c4ccc(OC)cc4)CC3)cc2c1. The Morgan fingerprint density at radius 3 is 2.64 bits per heavy atom. The van der Waals surface area contributed by atoms with Gasteiger partial charge in [-0.05, 0) is 83.1 Å². The molecule has 1 N–H and O–H groups in total. The number of piperazine rings is 1. The summed E-state index contributed by atoms with van der Waals surface area (Å²) in [5.41, 5.74) is 3.78. The molecule has 39 heavy (non-hydrogen) atoms. The molecule has 2 aromatic heterocycles. The molecule has 2 aliphatic heterocycles. The third-order valence-electron chi connectivity index (χ3n) is 7.96. The van der Waals surface area contributed by atoms with Gasteiger partial charge in [0, 0.05) is 49.6 Å². The molecule has 2 atom stereocenters. The van der Waals surface area contributed by atoms with E-state index in [1.54, 1.807) is 7.11 Å². The van der Waals surface area contributed by atoms with Crippen LogP contribution in [0, 0.1) is 0 Å². The number of benzene rings is 2. The predicted molar refractivity (Wildman–Crippen MR) is 149 cm³/mol. The first kappa shape index (κ1) is 25.5. The summed E-state index contributed by atoms with van der Waals surface area (Å²) in [6.07, 6.45) is 3.05. The number of aryl methyl sites for hydroxylation is 1. The molecule has 10 heteroatoms. The van der Waals surface area contributed by atoms with Crippen molar-refractivity contribution in [2.24, 2.45) is 0 Å². The fraction of sp³-hybridized carbons (Fsp3) is 0.448. The number of hydrogen-bond donors (Lipinski definition) is 1. The first-order chi connectivity index (χ1) is 19.1. The molecule has 0 bridgehead atoms. The number of rotatable bonds is 8. The van der Waals surface area contributed by atoms with Gasteiger partial charge in [0.15, 0.2) is 5.82 Å². The average molecular weight is 530 g/mol.